The molecule has 0 amide bonds. The van der Waals surface area contributed by atoms with Gasteiger partial charge in [-0.15, -0.1) is 0 Å². The van der Waals surface area contributed by atoms with Crippen molar-refractivity contribution >= 4 is 21.8 Å². The SMILES string of the molecule is c1ccc(-c2ccc3c4c(-c5ccccc5)cc(-c5ccccc5)cc4n(-c4c(-c5ccccc5)cc(-c5nc(-c6ccccc6)cc(-c6ccccc6)n5)cc4-c4ccccc4)c3c2)cc1. The van der Waals surface area contributed by atoms with Crippen LogP contribution in [0, 0.1) is 0 Å². The van der Waals surface area contributed by atoms with Crippen LogP contribution in [0.1, 0.15) is 0 Å². The minimum Gasteiger partial charge on any atom is -0.308 e. The van der Waals surface area contributed by atoms with E-state index < -0.39 is 0 Å². The van der Waals surface area contributed by atoms with Gasteiger partial charge in [-0.25, -0.2) is 9.97 Å². The van der Waals surface area contributed by atoms with Crippen LogP contribution in [0.15, 0.2) is 261 Å². The van der Waals surface area contributed by atoms with Crippen molar-refractivity contribution in [3.05, 3.63) is 261 Å². The van der Waals surface area contributed by atoms with E-state index in [-0.39, 0.29) is 0 Å². The number of rotatable bonds is 9. The van der Waals surface area contributed by atoms with Crippen LogP contribution in [-0.2, 0) is 0 Å². The Morgan fingerprint density at radius 2 is 0.627 bits per heavy atom. The average molecular weight is 854 g/mol. The molecule has 2 aromatic heterocycles. The van der Waals surface area contributed by atoms with E-state index in [0.717, 1.165) is 83.7 Å². The molecule has 0 atom stereocenters. The van der Waals surface area contributed by atoms with Gasteiger partial charge in [-0.05, 0) is 80.9 Å². The number of hydrogen-bond acceptors (Lipinski definition) is 2. The van der Waals surface area contributed by atoms with Gasteiger partial charge in [0.1, 0.15) is 0 Å². The molecule has 0 aliphatic carbocycles. The maximum absolute atomic E-state index is 5.38. The van der Waals surface area contributed by atoms with Crippen molar-refractivity contribution in [2.24, 2.45) is 0 Å². The number of fused-ring (bicyclic) bond motifs is 3. The van der Waals surface area contributed by atoms with Gasteiger partial charge in [0.2, 0.25) is 0 Å². The first-order valence-corrected chi connectivity index (χ1v) is 22.8. The molecule has 0 fully saturated rings. The van der Waals surface area contributed by atoms with E-state index in [4.69, 9.17) is 9.97 Å². The number of aromatic nitrogens is 3. The summed E-state index contributed by atoms with van der Waals surface area (Å²) in [6.07, 6.45) is 0. The molecule has 3 nitrogen and oxygen atoms in total. The summed E-state index contributed by atoms with van der Waals surface area (Å²) in [5, 5.41) is 2.38. The summed E-state index contributed by atoms with van der Waals surface area (Å²) in [5.74, 6) is 0.660. The molecular formula is C64H43N3. The largest absolute Gasteiger partial charge is 0.308 e. The zero-order chi connectivity index (χ0) is 44.5. The van der Waals surface area contributed by atoms with Crippen LogP contribution in [0.3, 0.4) is 0 Å². The molecule has 0 N–H and O–H groups in total. The van der Waals surface area contributed by atoms with Gasteiger partial charge in [-0.1, -0.05) is 224 Å². The summed E-state index contributed by atoms with van der Waals surface area (Å²) < 4.78 is 2.54. The second-order valence-corrected chi connectivity index (χ2v) is 16.9. The summed E-state index contributed by atoms with van der Waals surface area (Å²) in [4.78, 5) is 10.8. The molecule has 3 heteroatoms. The Kier molecular flexibility index (Phi) is 10.2. The quantitative estimate of drug-likeness (QED) is 0.145. The Hall–Kier alpha value is -8.92. The fraction of sp³-hybridized carbons (Fsp3) is 0. The first-order chi connectivity index (χ1) is 33.2. The minimum atomic E-state index is 0.660. The second-order valence-electron chi connectivity index (χ2n) is 16.9. The lowest BCUT2D eigenvalue weighted by Gasteiger charge is -2.22. The van der Waals surface area contributed by atoms with Crippen LogP contribution < -0.4 is 0 Å². The van der Waals surface area contributed by atoms with Gasteiger partial charge >= 0.3 is 0 Å². The monoisotopic (exact) mass is 853 g/mol. The maximum atomic E-state index is 5.38. The van der Waals surface area contributed by atoms with Gasteiger partial charge in [-0.2, -0.15) is 0 Å². The average Bonchev–Trinajstić information content (AvgIpc) is 3.75. The smallest absolute Gasteiger partial charge is 0.160 e. The van der Waals surface area contributed by atoms with Gasteiger partial charge in [0, 0.05) is 38.6 Å². The third-order valence-corrected chi connectivity index (χ3v) is 12.8. The van der Waals surface area contributed by atoms with Crippen molar-refractivity contribution in [3.8, 4) is 95.2 Å². The number of benzene rings is 10. The summed E-state index contributed by atoms with van der Waals surface area (Å²) in [6.45, 7) is 0. The Morgan fingerprint density at radius 3 is 1.09 bits per heavy atom. The molecule has 0 saturated heterocycles. The molecule has 0 spiro atoms. The molecule has 0 unspecified atom stereocenters. The fourth-order valence-corrected chi connectivity index (χ4v) is 9.61. The molecule has 0 saturated carbocycles. The molecular weight excluding hydrogens is 811 g/mol. The summed E-state index contributed by atoms with van der Waals surface area (Å²) in [6, 6.07) is 93.3. The Labute approximate surface area is 390 Å². The maximum Gasteiger partial charge on any atom is 0.160 e. The third-order valence-electron chi connectivity index (χ3n) is 12.8. The van der Waals surface area contributed by atoms with Crippen molar-refractivity contribution < 1.29 is 0 Å². The lowest BCUT2D eigenvalue weighted by Crippen LogP contribution is -2.03. The first kappa shape index (κ1) is 39.7. The van der Waals surface area contributed by atoms with E-state index in [1.807, 2.05) is 12.1 Å². The van der Waals surface area contributed by atoms with Crippen LogP contribution in [0.2, 0.25) is 0 Å². The standard InChI is InChI=1S/C64H43N3/c1-8-22-44(23-9-1)51-36-37-54-60(41-51)67(61-42-52(45-24-10-2-11-25-45)38-55(62(54)61)46-26-12-3-13-27-46)63-56(47-28-14-4-15-29-47)39-53(40-57(63)48-30-16-5-17-31-48)64-65-58(49-32-18-6-19-33-49)43-59(66-64)50-34-20-7-21-35-50/h1-43H. The highest BCUT2D eigenvalue weighted by Gasteiger charge is 2.25. The molecule has 0 aliphatic heterocycles. The van der Waals surface area contributed by atoms with E-state index in [9.17, 15) is 0 Å². The molecule has 0 aliphatic rings. The van der Waals surface area contributed by atoms with Gasteiger partial charge in [-0.3, -0.25) is 0 Å². The predicted octanol–water partition coefficient (Wildman–Crippen LogP) is 16.9. The number of nitrogens with zero attached hydrogens (tertiary/aromatic N) is 3. The van der Waals surface area contributed by atoms with Crippen molar-refractivity contribution in [2.45, 2.75) is 0 Å². The molecule has 314 valence electrons. The fourth-order valence-electron chi connectivity index (χ4n) is 9.61. The van der Waals surface area contributed by atoms with E-state index >= 15 is 0 Å². The van der Waals surface area contributed by atoms with Gasteiger partial charge in [0.25, 0.3) is 0 Å². The molecule has 10 aromatic carbocycles. The molecule has 2 heterocycles. The Balaban J connectivity index is 1.24. The van der Waals surface area contributed by atoms with Crippen LogP contribution >= 0.6 is 0 Å². The van der Waals surface area contributed by atoms with Crippen molar-refractivity contribution in [3.63, 3.8) is 0 Å². The van der Waals surface area contributed by atoms with Crippen molar-refractivity contribution in [2.75, 3.05) is 0 Å². The van der Waals surface area contributed by atoms with E-state index in [1.54, 1.807) is 0 Å². The third kappa shape index (κ3) is 7.49. The van der Waals surface area contributed by atoms with Crippen LogP contribution in [0.4, 0.5) is 0 Å². The zero-order valence-electron chi connectivity index (χ0n) is 36.7. The highest BCUT2D eigenvalue weighted by molar-refractivity contribution is 6.18. The van der Waals surface area contributed by atoms with Crippen LogP contribution in [0.5, 0.6) is 0 Å². The first-order valence-electron chi connectivity index (χ1n) is 22.8. The van der Waals surface area contributed by atoms with Crippen LogP contribution in [-0.4, -0.2) is 14.5 Å². The van der Waals surface area contributed by atoms with Gasteiger partial charge < -0.3 is 4.57 Å². The summed E-state index contributed by atoms with van der Waals surface area (Å²) in [5.41, 5.74) is 19.4. The van der Waals surface area contributed by atoms with E-state index in [1.165, 1.54) is 27.5 Å². The lowest BCUT2D eigenvalue weighted by atomic mass is 9.92. The predicted molar refractivity (Wildman–Crippen MR) is 280 cm³/mol. The minimum absolute atomic E-state index is 0.660. The highest BCUT2D eigenvalue weighted by atomic mass is 15.0. The Bertz CT molecular complexity index is 3560. The molecule has 67 heavy (non-hydrogen) atoms. The topological polar surface area (TPSA) is 30.7 Å². The van der Waals surface area contributed by atoms with Crippen molar-refractivity contribution in [1.29, 1.82) is 0 Å². The second kappa shape index (κ2) is 17.2. The lowest BCUT2D eigenvalue weighted by molar-refractivity contribution is 1.17. The molecule has 12 aromatic rings. The molecule has 12 rings (SSSR count). The van der Waals surface area contributed by atoms with Gasteiger partial charge in [0.15, 0.2) is 5.82 Å². The number of hydrogen-bond donors (Lipinski definition) is 0. The normalized spacial score (nSPS) is 11.3. The summed E-state index contributed by atoms with van der Waals surface area (Å²) in [7, 11) is 0. The zero-order valence-corrected chi connectivity index (χ0v) is 36.7. The van der Waals surface area contributed by atoms with Gasteiger partial charge in [0.05, 0.1) is 28.1 Å². The van der Waals surface area contributed by atoms with Crippen LogP contribution in [0.25, 0.3) is 117 Å². The van der Waals surface area contributed by atoms with E-state index in [2.05, 4.69) is 253 Å². The Morgan fingerprint density at radius 1 is 0.254 bits per heavy atom. The highest BCUT2D eigenvalue weighted by Crippen LogP contribution is 2.47. The molecule has 0 bridgehead atoms. The van der Waals surface area contributed by atoms with E-state index in [0.29, 0.717) is 5.82 Å². The van der Waals surface area contributed by atoms with Crippen molar-refractivity contribution in [1.82, 2.24) is 14.5 Å². The molecule has 0 radical (unpaired) electrons. The summed E-state index contributed by atoms with van der Waals surface area (Å²) >= 11 is 0.